The summed E-state index contributed by atoms with van der Waals surface area (Å²) in [4.78, 5) is 4.13. The summed E-state index contributed by atoms with van der Waals surface area (Å²) in [6.45, 7) is 0. The second-order valence-corrected chi connectivity index (χ2v) is 4.03. The molecule has 0 bridgehead atoms. The maximum atomic E-state index is 5.40. The number of hydrogen-bond acceptors (Lipinski definition) is 6. The van der Waals surface area contributed by atoms with E-state index in [2.05, 4.69) is 10.4 Å². The summed E-state index contributed by atoms with van der Waals surface area (Å²) in [6, 6.07) is 3.66. The predicted molar refractivity (Wildman–Crippen MR) is 63.6 cm³/mol. The van der Waals surface area contributed by atoms with Gasteiger partial charge in [0.25, 0.3) is 0 Å². The Labute approximate surface area is 96.2 Å². The second-order valence-electron chi connectivity index (χ2n) is 2.83. The average molecular weight is 239 g/mol. The Morgan fingerprint density at radius 1 is 1.60 bits per heavy atom. The number of fused-ring (bicyclic) bond motifs is 1. The molecule has 0 spiro atoms. The van der Waals surface area contributed by atoms with Crippen molar-refractivity contribution in [3.63, 3.8) is 0 Å². The van der Waals surface area contributed by atoms with Crippen molar-refractivity contribution >= 4 is 29.8 Å². The summed E-state index contributed by atoms with van der Waals surface area (Å²) < 4.78 is 5.87. The van der Waals surface area contributed by atoms with Crippen LogP contribution in [0.25, 0.3) is 11.1 Å². The fourth-order valence-electron chi connectivity index (χ4n) is 1.37. The Morgan fingerprint density at radius 3 is 3.07 bits per heavy atom. The van der Waals surface area contributed by atoms with Gasteiger partial charge in [-0.3, -0.25) is 0 Å². The van der Waals surface area contributed by atoms with E-state index in [1.807, 2.05) is 18.4 Å². The van der Waals surface area contributed by atoms with E-state index in [1.165, 1.54) is 11.8 Å². The number of nitrogens with two attached hydrogens (primary N) is 1. The van der Waals surface area contributed by atoms with E-state index in [4.69, 9.17) is 22.5 Å². The molecule has 3 N–H and O–H groups in total. The predicted octanol–water partition coefficient (Wildman–Crippen LogP) is 2.52. The molecule has 0 saturated heterocycles. The number of pyridine rings is 1. The summed E-state index contributed by atoms with van der Waals surface area (Å²) in [6.07, 6.45) is 3.56. The van der Waals surface area contributed by atoms with Crippen LogP contribution >= 0.6 is 24.0 Å². The fraction of sp³-hybridized carbons (Fsp3) is 0.111. The van der Waals surface area contributed by atoms with Crippen LogP contribution < -0.4 is 11.3 Å². The van der Waals surface area contributed by atoms with Gasteiger partial charge in [0.2, 0.25) is 0 Å². The summed E-state index contributed by atoms with van der Waals surface area (Å²) >= 11 is 6.53. The SMILES string of the molecule is CSc1occc2cc(=S)nc(NN)c1-2. The molecule has 0 fully saturated rings. The molecule has 0 radical (unpaired) electrons. The van der Waals surface area contributed by atoms with Crippen LogP contribution in [0.1, 0.15) is 0 Å². The van der Waals surface area contributed by atoms with Crippen molar-refractivity contribution in [3.05, 3.63) is 23.0 Å². The number of anilines is 1. The van der Waals surface area contributed by atoms with Crippen LogP contribution in [0.4, 0.5) is 5.82 Å². The highest BCUT2D eigenvalue weighted by Gasteiger charge is 2.15. The Morgan fingerprint density at radius 2 is 2.40 bits per heavy atom. The van der Waals surface area contributed by atoms with E-state index < -0.39 is 0 Å². The Hall–Kier alpha value is -1.11. The molecule has 2 heterocycles. The van der Waals surface area contributed by atoms with E-state index in [0.717, 1.165) is 16.2 Å². The molecule has 2 aliphatic heterocycles. The first kappa shape index (κ1) is 10.4. The number of rotatable bonds is 2. The number of aromatic nitrogens is 1. The normalized spacial score (nSPS) is 10.5. The van der Waals surface area contributed by atoms with Crippen molar-refractivity contribution in [1.82, 2.24) is 4.98 Å². The molecule has 0 saturated carbocycles. The summed E-state index contributed by atoms with van der Waals surface area (Å²) in [5.41, 5.74) is 4.37. The van der Waals surface area contributed by atoms with Gasteiger partial charge in [0, 0.05) is 0 Å². The van der Waals surface area contributed by atoms with Crippen LogP contribution in [0.5, 0.6) is 0 Å². The molecule has 0 unspecified atom stereocenters. The summed E-state index contributed by atoms with van der Waals surface area (Å²) in [5, 5.41) is 0.767. The van der Waals surface area contributed by atoms with Crippen LogP contribution in [0.3, 0.4) is 0 Å². The average Bonchev–Trinajstić information content (AvgIpc) is 2.26. The third-order valence-electron chi connectivity index (χ3n) is 1.98. The van der Waals surface area contributed by atoms with Crippen LogP contribution in [-0.2, 0) is 0 Å². The van der Waals surface area contributed by atoms with Crippen LogP contribution in [-0.4, -0.2) is 11.2 Å². The van der Waals surface area contributed by atoms with E-state index in [9.17, 15) is 0 Å². The van der Waals surface area contributed by atoms with Crippen molar-refractivity contribution < 1.29 is 4.42 Å². The fourth-order valence-corrected chi connectivity index (χ4v) is 2.16. The molecule has 78 valence electrons. The first-order chi connectivity index (χ1) is 7.26. The maximum absolute atomic E-state index is 5.40. The minimum Gasteiger partial charge on any atom is -0.457 e. The molecule has 6 heteroatoms. The van der Waals surface area contributed by atoms with Crippen molar-refractivity contribution in [1.29, 1.82) is 0 Å². The largest absolute Gasteiger partial charge is 0.457 e. The maximum Gasteiger partial charge on any atom is 0.171 e. The van der Waals surface area contributed by atoms with Crippen molar-refractivity contribution in [2.75, 3.05) is 11.7 Å². The van der Waals surface area contributed by atoms with Crippen molar-refractivity contribution in [2.24, 2.45) is 5.84 Å². The molecule has 0 aromatic heterocycles. The molecule has 2 rings (SSSR count). The number of nitrogen functional groups attached to an aromatic ring is 1. The first-order valence-electron chi connectivity index (χ1n) is 4.19. The zero-order valence-corrected chi connectivity index (χ0v) is 9.61. The smallest absolute Gasteiger partial charge is 0.171 e. The molecule has 0 aromatic rings. The van der Waals surface area contributed by atoms with E-state index >= 15 is 0 Å². The molecule has 0 atom stereocenters. The lowest BCUT2D eigenvalue weighted by molar-refractivity contribution is 0.458. The molecule has 0 aromatic carbocycles. The molecule has 4 nitrogen and oxygen atoms in total. The van der Waals surface area contributed by atoms with Crippen LogP contribution in [0, 0.1) is 4.64 Å². The zero-order chi connectivity index (χ0) is 10.8. The molecule has 15 heavy (non-hydrogen) atoms. The minimum atomic E-state index is 0.508. The number of nitrogens with one attached hydrogen (secondary N) is 1. The van der Waals surface area contributed by atoms with Crippen LogP contribution in [0.2, 0.25) is 0 Å². The standard InChI is InChI=1S/C9H9N3OS2/c1-15-9-7-5(2-3-13-9)4-6(14)11-8(7)12-10/h2-4H,10H2,1H3,(H,11,12,14). The number of thioether (sulfide) groups is 1. The zero-order valence-electron chi connectivity index (χ0n) is 7.98. The van der Waals surface area contributed by atoms with Gasteiger partial charge in [0.1, 0.15) is 4.64 Å². The van der Waals surface area contributed by atoms with E-state index in [-0.39, 0.29) is 0 Å². The number of nitrogens with zero attached hydrogens (tertiary/aromatic N) is 1. The van der Waals surface area contributed by atoms with Gasteiger partial charge >= 0.3 is 0 Å². The van der Waals surface area contributed by atoms with Gasteiger partial charge in [0.05, 0.1) is 11.8 Å². The highest BCUT2D eigenvalue weighted by atomic mass is 32.2. The Balaban J connectivity index is 2.82. The Kier molecular flexibility index (Phi) is 2.90. The number of hydrazine groups is 1. The lowest BCUT2D eigenvalue weighted by Crippen LogP contribution is -2.10. The molecule has 0 aliphatic carbocycles. The molecular formula is C9H9N3OS2. The lowest BCUT2D eigenvalue weighted by atomic mass is 10.1. The Bertz CT molecular complexity index is 511. The van der Waals surface area contributed by atoms with E-state index in [0.29, 0.717) is 10.5 Å². The van der Waals surface area contributed by atoms with E-state index in [1.54, 1.807) is 6.26 Å². The molecular weight excluding hydrogens is 230 g/mol. The molecule has 0 amide bonds. The highest BCUT2D eigenvalue weighted by molar-refractivity contribution is 7.98. The summed E-state index contributed by atoms with van der Waals surface area (Å²) in [7, 11) is 0. The minimum absolute atomic E-state index is 0.508. The van der Waals surface area contributed by atoms with Crippen molar-refractivity contribution in [3.8, 4) is 11.1 Å². The van der Waals surface area contributed by atoms with Gasteiger partial charge in [-0.05, 0) is 24.0 Å². The van der Waals surface area contributed by atoms with Gasteiger partial charge in [0.15, 0.2) is 10.9 Å². The van der Waals surface area contributed by atoms with Gasteiger partial charge in [-0.2, -0.15) is 0 Å². The van der Waals surface area contributed by atoms with Crippen LogP contribution in [0.15, 0.2) is 27.9 Å². The third kappa shape index (κ3) is 1.83. The quantitative estimate of drug-likeness (QED) is 0.363. The topological polar surface area (TPSA) is 64.1 Å². The monoisotopic (exact) mass is 239 g/mol. The van der Waals surface area contributed by atoms with Crippen molar-refractivity contribution in [2.45, 2.75) is 5.09 Å². The van der Waals surface area contributed by atoms with Gasteiger partial charge < -0.3 is 9.84 Å². The second kappa shape index (κ2) is 4.18. The van der Waals surface area contributed by atoms with Gasteiger partial charge in [-0.1, -0.05) is 24.0 Å². The number of hydrogen-bond donors (Lipinski definition) is 2. The molecule has 2 aliphatic rings. The highest BCUT2D eigenvalue weighted by Crippen LogP contribution is 2.36. The third-order valence-corrected chi connectivity index (χ3v) is 2.86. The lowest BCUT2D eigenvalue weighted by Gasteiger charge is -2.12. The summed E-state index contributed by atoms with van der Waals surface area (Å²) in [5.74, 6) is 5.95. The first-order valence-corrected chi connectivity index (χ1v) is 5.82. The van der Waals surface area contributed by atoms with Gasteiger partial charge in [-0.25, -0.2) is 10.8 Å². The van der Waals surface area contributed by atoms with Gasteiger partial charge in [-0.15, -0.1) is 0 Å².